The highest BCUT2D eigenvalue weighted by atomic mass is 19.4. The summed E-state index contributed by atoms with van der Waals surface area (Å²) in [4.78, 5) is 20.0. The van der Waals surface area contributed by atoms with Crippen LogP contribution in [0.2, 0.25) is 0 Å². The minimum Gasteiger partial charge on any atom is -0.444 e. The van der Waals surface area contributed by atoms with E-state index >= 15 is 0 Å². The van der Waals surface area contributed by atoms with Crippen LogP contribution in [0.1, 0.15) is 51.4 Å². The lowest BCUT2D eigenvalue weighted by atomic mass is 9.83. The molecule has 2 heterocycles. The summed E-state index contributed by atoms with van der Waals surface area (Å²) in [5.41, 5.74) is -1.36. The summed E-state index contributed by atoms with van der Waals surface area (Å²) in [5.74, 6) is 0. The topological polar surface area (TPSA) is 45.7 Å². The maximum atomic E-state index is 12.9. The van der Waals surface area contributed by atoms with E-state index in [0.717, 1.165) is 18.9 Å². The van der Waals surface area contributed by atoms with Crippen LogP contribution in [0.5, 0.6) is 0 Å². The van der Waals surface area contributed by atoms with Crippen molar-refractivity contribution in [3.63, 3.8) is 0 Å². The second-order valence-electron chi connectivity index (χ2n) is 8.64. The van der Waals surface area contributed by atoms with Crippen LogP contribution in [0.3, 0.4) is 0 Å². The Morgan fingerprint density at radius 3 is 2.54 bits per heavy atom. The predicted octanol–water partition coefficient (Wildman–Crippen LogP) is 4.36. The van der Waals surface area contributed by atoms with Gasteiger partial charge in [-0.05, 0) is 72.7 Å². The molecule has 0 N–H and O–H groups in total. The van der Waals surface area contributed by atoms with E-state index in [1.807, 2.05) is 34.9 Å². The van der Waals surface area contributed by atoms with Gasteiger partial charge in [-0.15, -0.1) is 0 Å². The number of ether oxygens (including phenoxy) is 1. The van der Waals surface area contributed by atoms with E-state index in [0.29, 0.717) is 31.6 Å². The first kappa shape index (κ1) is 22.5. The van der Waals surface area contributed by atoms with Gasteiger partial charge in [-0.1, -0.05) is 6.07 Å². The average Bonchev–Trinajstić information content (AvgIpc) is 2.58. The Labute approximate surface area is 164 Å². The van der Waals surface area contributed by atoms with Crippen LogP contribution in [0.4, 0.5) is 18.0 Å². The van der Waals surface area contributed by atoms with Gasteiger partial charge in [-0.3, -0.25) is 0 Å². The van der Waals surface area contributed by atoms with Crippen molar-refractivity contribution < 1.29 is 22.7 Å². The number of hydrogen-bond acceptors (Lipinski definition) is 4. The van der Waals surface area contributed by atoms with Gasteiger partial charge in [0.2, 0.25) is 0 Å². The molecule has 1 aliphatic heterocycles. The van der Waals surface area contributed by atoms with E-state index in [2.05, 4.69) is 9.88 Å². The van der Waals surface area contributed by atoms with Gasteiger partial charge in [0.05, 0.1) is 0 Å². The number of nitrogens with zero attached hydrogens (tertiary/aromatic N) is 3. The van der Waals surface area contributed by atoms with Crippen LogP contribution >= 0.6 is 0 Å². The average molecular weight is 401 g/mol. The molecule has 0 radical (unpaired) electrons. The van der Waals surface area contributed by atoms with Crippen molar-refractivity contribution in [1.82, 2.24) is 14.8 Å². The molecule has 0 aliphatic carbocycles. The fourth-order valence-corrected chi connectivity index (χ4v) is 3.52. The number of hydrogen-bond donors (Lipinski definition) is 0. The van der Waals surface area contributed by atoms with Crippen molar-refractivity contribution in [2.24, 2.45) is 0 Å². The molecule has 1 aromatic rings. The van der Waals surface area contributed by atoms with Gasteiger partial charge >= 0.3 is 12.3 Å². The lowest BCUT2D eigenvalue weighted by Gasteiger charge is -2.47. The first-order valence-electron chi connectivity index (χ1n) is 9.51. The van der Waals surface area contributed by atoms with Gasteiger partial charge in [0.25, 0.3) is 0 Å². The summed E-state index contributed by atoms with van der Waals surface area (Å²) in [6.07, 6.45) is -2.12. The number of rotatable bonds is 4. The van der Waals surface area contributed by atoms with Crippen molar-refractivity contribution in [3.05, 3.63) is 29.6 Å². The number of amides is 1. The van der Waals surface area contributed by atoms with Crippen LogP contribution in [0.25, 0.3) is 0 Å². The number of aromatic nitrogens is 1. The molecule has 158 valence electrons. The molecule has 28 heavy (non-hydrogen) atoms. The van der Waals surface area contributed by atoms with Crippen LogP contribution in [0, 0.1) is 0 Å². The van der Waals surface area contributed by atoms with Crippen molar-refractivity contribution in [2.45, 2.75) is 63.8 Å². The van der Waals surface area contributed by atoms with Gasteiger partial charge in [-0.25, -0.2) is 9.78 Å². The van der Waals surface area contributed by atoms with Crippen LogP contribution in [-0.2, 0) is 17.3 Å². The third-order valence-electron chi connectivity index (χ3n) is 5.10. The second-order valence-corrected chi connectivity index (χ2v) is 8.64. The molecule has 1 fully saturated rings. The molecular formula is C20H30F3N3O2. The summed E-state index contributed by atoms with van der Waals surface area (Å²) in [6.45, 7) is 6.58. The monoisotopic (exact) mass is 401 g/mol. The highest BCUT2D eigenvalue weighted by Crippen LogP contribution is 2.32. The molecule has 1 amide bonds. The number of piperidine rings is 1. The van der Waals surface area contributed by atoms with Crippen molar-refractivity contribution in [3.8, 4) is 0 Å². The maximum Gasteiger partial charge on any atom is 0.433 e. The molecule has 1 aliphatic rings. The Bertz CT molecular complexity index is 686. The number of aryl methyl sites for hydroxylation is 1. The molecule has 0 bridgehead atoms. The number of alkyl halides is 3. The molecule has 1 unspecified atom stereocenters. The maximum absolute atomic E-state index is 12.9. The van der Waals surface area contributed by atoms with E-state index in [-0.39, 0.29) is 11.6 Å². The lowest BCUT2D eigenvalue weighted by molar-refractivity contribution is -0.141. The van der Waals surface area contributed by atoms with Gasteiger partial charge in [-0.2, -0.15) is 13.2 Å². The molecule has 5 nitrogen and oxygen atoms in total. The number of carbonyl (C=O) groups excluding carboxylic acids is 1. The normalized spacial score (nSPS) is 21.1. The fraction of sp³-hybridized carbons (Fsp3) is 0.700. The molecule has 0 aromatic carbocycles. The Balaban J connectivity index is 2.12. The van der Waals surface area contributed by atoms with E-state index in [1.54, 1.807) is 11.0 Å². The summed E-state index contributed by atoms with van der Waals surface area (Å²) < 4.78 is 44.2. The Hall–Kier alpha value is -1.83. The van der Waals surface area contributed by atoms with E-state index in [9.17, 15) is 18.0 Å². The Morgan fingerprint density at radius 1 is 1.29 bits per heavy atom. The number of halogens is 3. The second kappa shape index (κ2) is 8.27. The Morgan fingerprint density at radius 2 is 1.96 bits per heavy atom. The molecule has 1 atom stereocenters. The molecule has 1 aromatic heterocycles. The van der Waals surface area contributed by atoms with Gasteiger partial charge in [0, 0.05) is 24.3 Å². The largest absolute Gasteiger partial charge is 0.444 e. The number of pyridine rings is 1. The summed E-state index contributed by atoms with van der Waals surface area (Å²) >= 11 is 0. The Kier molecular flexibility index (Phi) is 6.63. The van der Waals surface area contributed by atoms with Crippen molar-refractivity contribution in [1.29, 1.82) is 0 Å². The zero-order valence-corrected chi connectivity index (χ0v) is 17.3. The number of likely N-dealkylation sites (N-methyl/N-ethyl adjacent to an activating group) is 1. The van der Waals surface area contributed by atoms with Crippen molar-refractivity contribution >= 4 is 6.09 Å². The quantitative estimate of drug-likeness (QED) is 0.752. The fourth-order valence-electron chi connectivity index (χ4n) is 3.52. The molecule has 2 rings (SSSR count). The van der Waals surface area contributed by atoms with E-state index in [1.165, 1.54) is 6.07 Å². The summed E-state index contributed by atoms with van der Waals surface area (Å²) in [7, 11) is 3.89. The highest BCUT2D eigenvalue weighted by Gasteiger charge is 2.40. The summed E-state index contributed by atoms with van der Waals surface area (Å²) in [6, 6.07) is 3.99. The summed E-state index contributed by atoms with van der Waals surface area (Å²) in [5, 5.41) is 0. The van der Waals surface area contributed by atoms with Gasteiger partial charge < -0.3 is 14.5 Å². The van der Waals surface area contributed by atoms with Crippen LogP contribution < -0.4 is 0 Å². The van der Waals surface area contributed by atoms with E-state index in [4.69, 9.17) is 4.74 Å². The lowest BCUT2D eigenvalue weighted by Crippen LogP contribution is -2.58. The molecule has 8 heteroatoms. The molecular weight excluding hydrogens is 371 g/mol. The third-order valence-corrected chi connectivity index (χ3v) is 5.10. The molecule has 1 saturated heterocycles. The standard InChI is InChI=1S/C20H30F3N3O2/c1-18(2,3)28-17(27)26-13-7-11-19(14-26,25(4)5)12-10-15-8-6-9-16(24-15)20(21,22)23/h6,8-9H,7,10-14H2,1-5H3. The first-order chi connectivity index (χ1) is 12.8. The smallest absolute Gasteiger partial charge is 0.433 e. The van der Waals surface area contributed by atoms with Gasteiger partial charge in [0.15, 0.2) is 0 Å². The van der Waals surface area contributed by atoms with Gasteiger partial charge in [0.1, 0.15) is 11.3 Å². The van der Waals surface area contributed by atoms with E-state index < -0.39 is 17.5 Å². The zero-order valence-electron chi connectivity index (χ0n) is 17.3. The van der Waals surface area contributed by atoms with Crippen molar-refractivity contribution in [2.75, 3.05) is 27.2 Å². The van der Waals surface area contributed by atoms with Crippen LogP contribution in [-0.4, -0.2) is 59.2 Å². The number of carbonyl (C=O) groups is 1. The number of likely N-dealkylation sites (tertiary alicyclic amines) is 1. The minimum absolute atomic E-state index is 0.328. The SMILES string of the molecule is CN(C)C1(CCc2cccc(C(F)(F)F)n2)CCCN(C(=O)OC(C)(C)C)C1. The molecule has 0 spiro atoms. The highest BCUT2D eigenvalue weighted by molar-refractivity contribution is 5.68. The first-order valence-corrected chi connectivity index (χ1v) is 9.51. The third kappa shape index (κ3) is 5.83. The molecule has 0 saturated carbocycles. The minimum atomic E-state index is -4.45. The zero-order chi connectivity index (χ0) is 21.2. The predicted molar refractivity (Wildman–Crippen MR) is 101 cm³/mol. The van der Waals surface area contributed by atoms with Crippen LogP contribution in [0.15, 0.2) is 18.2 Å².